The van der Waals surface area contributed by atoms with Crippen LogP contribution in [0.2, 0.25) is 0 Å². The summed E-state index contributed by atoms with van der Waals surface area (Å²) in [6, 6.07) is 0. The van der Waals surface area contributed by atoms with Gasteiger partial charge in [0.25, 0.3) is 0 Å². The van der Waals surface area contributed by atoms with E-state index in [-0.39, 0.29) is 13.2 Å². The second-order valence-electron chi connectivity index (χ2n) is 6.30. The molecule has 0 bridgehead atoms. The quantitative estimate of drug-likeness (QED) is 0.406. The van der Waals surface area contributed by atoms with Crippen LogP contribution >= 0.6 is 0 Å². The van der Waals surface area contributed by atoms with E-state index in [2.05, 4.69) is 6.92 Å². The Bertz CT molecular complexity index is 252. The van der Waals surface area contributed by atoms with Crippen molar-refractivity contribution in [2.24, 2.45) is 5.73 Å². The third kappa shape index (κ3) is 11.8. The number of carbonyl (C=O) groups excluding carboxylic acids is 1. The lowest BCUT2D eigenvalue weighted by molar-refractivity contribution is -0.119. The zero-order chi connectivity index (χ0) is 16.0. The number of ketones is 1. The topological polar surface area (TPSA) is 83.6 Å². The Balaban J connectivity index is 3.38. The highest BCUT2D eigenvalue weighted by atomic mass is 16.3. The van der Waals surface area contributed by atoms with E-state index in [9.17, 15) is 4.79 Å². The van der Waals surface area contributed by atoms with E-state index >= 15 is 0 Å². The summed E-state index contributed by atoms with van der Waals surface area (Å²) in [5.41, 5.74) is 4.98. The average molecular weight is 301 g/mol. The van der Waals surface area contributed by atoms with E-state index in [0.717, 1.165) is 51.4 Å². The van der Waals surface area contributed by atoms with E-state index in [0.29, 0.717) is 12.2 Å². The number of hydrogen-bond acceptors (Lipinski definition) is 4. The summed E-state index contributed by atoms with van der Waals surface area (Å²) in [6.45, 7) is 1.84. The minimum absolute atomic E-state index is 0.171. The zero-order valence-corrected chi connectivity index (χ0v) is 13.8. The highest BCUT2D eigenvalue weighted by Crippen LogP contribution is 2.14. The van der Waals surface area contributed by atoms with Gasteiger partial charge in [-0.25, -0.2) is 0 Å². The van der Waals surface area contributed by atoms with Crippen molar-refractivity contribution in [2.45, 2.75) is 89.5 Å². The Morgan fingerprint density at radius 3 is 1.86 bits per heavy atom. The molecule has 21 heavy (non-hydrogen) atoms. The smallest absolute Gasteiger partial charge is 0.132 e. The number of Topliss-reactive ketones (excluding diaryl/α,β-unsaturated/α-hetero) is 1. The van der Waals surface area contributed by atoms with Crippen LogP contribution in [0.15, 0.2) is 0 Å². The van der Waals surface area contributed by atoms with Gasteiger partial charge >= 0.3 is 0 Å². The van der Waals surface area contributed by atoms with Crippen LogP contribution in [0.1, 0.15) is 84.0 Å². The molecule has 0 unspecified atom stereocenters. The van der Waals surface area contributed by atoms with Gasteiger partial charge in [0, 0.05) is 12.8 Å². The summed E-state index contributed by atoms with van der Waals surface area (Å²) in [5.74, 6) is 0.410. The Hall–Kier alpha value is -0.450. The van der Waals surface area contributed by atoms with Crippen LogP contribution in [0, 0.1) is 0 Å². The third-order valence-electron chi connectivity index (χ3n) is 4.07. The largest absolute Gasteiger partial charge is 0.394 e. The fourth-order valence-corrected chi connectivity index (χ4v) is 2.41. The van der Waals surface area contributed by atoms with Crippen LogP contribution in [0.25, 0.3) is 0 Å². The second-order valence-corrected chi connectivity index (χ2v) is 6.30. The fourth-order valence-electron chi connectivity index (χ4n) is 2.41. The number of hydrogen-bond donors (Lipinski definition) is 3. The van der Waals surface area contributed by atoms with Crippen LogP contribution in [0.3, 0.4) is 0 Å². The van der Waals surface area contributed by atoms with E-state index in [1.54, 1.807) is 0 Å². The van der Waals surface area contributed by atoms with Crippen LogP contribution in [0.4, 0.5) is 0 Å². The molecule has 0 saturated carbocycles. The number of carbonyl (C=O) groups is 1. The normalized spacial score (nSPS) is 11.8. The zero-order valence-electron chi connectivity index (χ0n) is 13.8. The average Bonchev–Trinajstić information content (AvgIpc) is 2.50. The Morgan fingerprint density at radius 2 is 1.33 bits per heavy atom. The predicted octanol–water partition coefficient (Wildman–Crippen LogP) is 2.94. The molecule has 0 spiro atoms. The van der Waals surface area contributed by atoms with Crippen LogP contribution in [-0.2, 0) is 4.79 Å². The molecular weight excluding hydrogens is 266 g/mol. The maximum atomic E-state index is 11.6. The van der Waals surface area contributed by atoms with Crippen molar-refractivity contribution in [3.05, 3.63) is 0 Å². The van der Waals surface area contributed by atoms with Crippen molar-refractivity contribution in [3.63, 3.8) is 0 Å². The molecule has 0 rings (SSSR count). The van der Waals surface area contributed by atoms with Gasteiger partial charge in [0.05, 0.1) is 18.8 Å². The van der Waals surface area contributed by atoms with E-state index < -0.39 is 5.54 Å². The molecule has 0 aliphatic heterocycles. The predicted molar refractivity (Wildman–Crippen MR) is 87.2 cm³/mol. The summed E-state index contributed by atoms with van der Waals surface area (Å²) in [7, 11) is 0. The molecular formula is C17H35NO3. The van der Waals surface area contributed by atoms with Gasteiger partial charge in [0.1, 0.15) is 5.78 Å². The van der Waals surface area contributed by atoms with Crippen LogP contribution in [-0.4, -0.2) is 34.7 Å². The summed E-state index contributed by atoms with van der Waals surface area (Å²) >= 11 is 0. The molecule has 4 heteroatoms. The molecule has 0 radical (unpaired) electrons. The van der Waals surface area contributed by atoms with Gasteiger partial charge in [-0.05, 0) is 19.3 Å². The molecule has 0 aromatic rings. The van der Waals surface area contributed by atoms with Gasteiger partial charge in [-0.2, -0.15) is 0 Å². The summed E-state index contributed by atoms with van der Waals surface area (Å²) in [5, 5.41) is 18.1. The van der Waals surface area contributed by atoms with E-state index in [4.69, 9.17) is 15.9 Å². The van der Waals surface area contributed by atoms with Crippen molar-refractivity contribution in [2.75, 3.05) is 13.2 Å². The molecule has 0 aliphatic rings. The molecule has 0 aromatic carbocycles. The van der Waals surface area contributed by atoms with Crippen molar-refractivity contribution in [1.29, 1.82) is 0 Å². The van der Waals surface area contributed by atoms with Gasteiger partial charge in [-0.3, -0.25) is 4.79 Å². The van der Waals surface area contributed by atoms with Gasteiger partial charge in [-0.15, -0.1) is 0 Å². The highest BCUT2D eigenvalue weighted by molar-refractivity contribution is 5.78. The second kappa shape index (κ2) is 13.2. The first kappa shape index (κ1) is 20.6. The minimum atomic E-state index is -0.825. The Morgan fingerprint density at radius 1 is 0.857 bits per heavy atom. The van der Waals surface area contributed by atoms with Gasteiger partial charge in [-0.1, -0.05) is 51.9 Å². The lowest BCUT2D eigenvalue weighted by Crippen LogP contribution is -2.47. The first-order valence-corrected chi connectivity index (χ1v) is 8.60. The van der Waals surface area contributed by atoms with Gasteiger partial charge in [0.2, 0.25) is 0 Å². The maximum absolute atomic E-state index is 11.6. The van der Waals surface area contributed by atoms with Crippen molar-refractivity contribution in [1.82, 2.24) is 0 Å². The third-order valence-corrected chi connectivity index (χ3v) is 4.07. The molecule has 0 atom stereocenters. The molecule has 4 N–H and O–H groups in total. The maximum Gasteiger partial charge on any atom is 0.132 e. The first-order valence-electron chi connectivity index (χ1n) is 8.60. The lowest BCUT2D eigenvalue weighted by Gasteiger charge is -2.24. The molecule has 4 nitrogen and oxygen atoms in total. The summed E-state index contributed by atoms with van der Waals surface area (Å²) < 4.78 is 0. The number of unbranched alkanes of at least 4 members (excludes halogenated alkanes) is 7. The summed E-state index contributed by atoms with van der Waals surface area (Å²) in [4.78, 5) is 11.6. The monoisotopic (exact) mass is 301 g/mol. The molecule has 0 aromatic heterocycles. The number of nitrogens with two attached hydrogens (primary N) is 1. The van der Waals surface area contributed by atoms with Crippen LogP contribution in [0.5, 0.6) is 0 Å². The SMILES string of the molecule is CCCCCCC(=O)CCCCCCCC(N)(CO)CO. The lowest BCUT2D eigenvalue weighted by atomic mass is 9.94. The standard InChI is InChI=1S/C17H35NO3/c1-2-3-4-8-11-16(21)12-9-6-5-7-10-13-17(18,14-19)15-20/h19-20H,2-15,18H2,1H3. The first-order chi connectivity index (χ1) is 10.1. The van der Waals surface area contributed by atoms with Gasteiger partial charge in [0.15, 0.2) is 0 Å². The molecule has 0 fully saturated rings. The van der Waals surface area contributed by atoms with E-state index in [1.807, 2.05) is 0 Å². The Kier molecular flexibility index (Phi) is 12.9. The Labute approximate surface area is 130 Å². The molecule has 0 amide bonds. The van der Waals surface area contributed by atoms with Crippen molar-refractivity contribution >= 4 is 5.78 Å². The number of aliphatic hydroxyl groups excluding tert-OH is 2. The molecule has 0 aliphatic carbocycles. The van der Waals surface area contributed by atoms with E-state index in [1.165, 1.54) is 19.3 Å². The highest BCUT2D eigenvalue weighted by Gasteiger charge is 2.21. The molecule has 0 heterocycles. The molecule has 126 valence electrons. The van der Waals surface area contributed by atoms with Crippen LogP contribution < -0.4 is 5.73 Å². The van der Waals surface area contributed by atoms with Crippen molar-refractivity contribution in [3.8, 4) is 0 Å². The van der Waals surface area contributed by atoms with Gasteiger partial charge < -0.3 is 15.9 Å². The summed E-state index contributed by atoms with van der Waals surface area (Å²) in [6.07, 6.45) is 11.9. The van der Waals surface area contributed by atoms with Crippen molar-refractivity contribution < 1.29 is 15.0 Å². The molecule has 0 saturated heterocycles. The number of aliphatic hydroxyl groups is 2. The fraction of sp³-hybridized carbons (Fsp3) is 0.941. The number of rotatable bonds is 15. The minimum Gasteiger partial charge on any atom is -0.394 e.